The Kier molecular flexibility index (Phi) is 2.37. The normalized spacial score (nSPS) is 10.8. The Labute approximate surface area is 84.4 Å². The number of thioether (sulfide) groups is 1. The fraction of sp³-hybridized carbons (Fsp3) is 0.250. The summed E-state index contributed by atoms with van der Waals surface area (Å²) in [6, 6.07) is 1.95. The van der Waals surface area contributed by atoms with E-state index in [1.54, 1.807) is 23.1 Å². The number of anilines is 1. The van der Waals surface area contributed by atoms with Crippen molar-refractivity contribution >= 4 is 39.1 Å². The monoisotopic (exact) mass is 211 g/mol. The van der Waals surface area contributed by atoms with Crippen LogP contribution in [0.5, 0.6) is 0 Å². The van der Waals surface area contributed by atoms with Crippen LogP contribution in [0.1, 0.15) is 6.92 Å². The standard InChI is InChI=1S/C8H9N3S2/c1-2-12-8-10-6(9)5-3-4-13-7(5)11-8/h3-4H,2H2,1H3,(H2,9,10,11). The van der Waals surface area contributed by atoms with E-state index in [1.807, 2.05) is 11.4 Å². The molecule has 0 aromatic carbocycles. The van der Waals surface area contributed by atoms with Crippen molar-refractivity contribution in [3.63, 3.8) is 0 Å². The van der Waals surface area contributed by atoms with Crippen molar-refractivity contribution in [3.8, 4) is 0 Å². The number of rotatable bonds is 2. The Balaban J connectivity index is 2.56. The van der Waals surface area contributed by atoms with Crippen molar-refractivity contribution in [2.75, 3.05) is 11.5 Å². The molecule has 2 rings (SSSR count). The summed E-state index contributed by atoms with van der Waals surface area (Å²) in [5.74, 6) is 1.55. The first-order chi connectivity index (χ1) is 6.31. The van der Waals surface area contributed by atoms with Crippen molar-refractivity contribution < 1.29 is 0 Å². The van der Waals surface area contributed by atoms with Crippen LogP contribution < -0.4 is 5.73 Å². The van der Waals surface area contributed by atoms with Crippen LogP contribution in [0.15, 0.2) is 16.6 Å². The summed E-state index contributed by atoms with van der Waals surface area (Å²) in [5.41, 5.74) is 5.77. The molecule has 0 saturated heterocycles. The smallest absolute Gasteiger partial charge is 0.190 e. The lowest BCUT2D eigenvalue weighted by Gasteiger charge is -1.99. The molecule has 5 heteroatoms. The minimum atomic E-state index is 0.585. The van der Waals surface area contributed by atoms with Gasteiger partial charge in [-0.25, -0.2) is 9.97 Å². The fourth-order valence-corrected chi connectivity index (χ4v) is 2.46. The average molecular weight is 211 g/mol. The SMILES string of the molecule is CCSc1nc(N)c2ccsc2n1. The van der Waals surface area contributed by atoms with E-state index in [1.165, 1.54) is 0 Å². The Hall–Kier alpha value is -0.810. The maximum absolute atomic E-state index is 5.77. The summed E-state index contributed by atoms with van der Waals surface area (Å²) in [7, 11) is 0. The molecule has 0 unspecified atom stereocenters. The highest BCUT2D eigenvalue weighted by atomic mass is 32.2. The molecule has 0 radical (unpaired) electrons. The van der Waals surface area contributed by atoms with Crippen molar-refractivity contribution in [1.29, 1.82) is 0 Å². The summed E-state index contributed by atoms with van der Waals surface area (Å²) in [6.45, 7) is 2.07. The summed E-state index contributed by atoms with van der Waals surface area (Å²) < 4.78 is 0. The van der Waals surface area contributed by atoms with E-state index >= 15 is 0 Å². The molecule has 0 amide bonds. The van der Waals surface area contributed by atoms with Crippen LogP contribution >= 0.6 is 23.1 Å². The van der Waals surface area contributed by atoms with Gasteiger partial charge in [-0.3, -0.25) is 0 Å². The maximum atomic E-state index is 5.77. The van der Waals surface area contributed by atoms with Gasteiger partial charge in [0.05, 0.1) is 5.39 Å². The lowest BCUT2D eigenvalue weighted by atomic mass is 10.4. The molecule has 0 saturated carbocycles. The van der Waals surface area contributed by atoms with Crippen molar-refractivity contribution in [2.45, 2.75) is 12.1 Å². The number of thiophene rings is 1. The Bertz CT molecular complexity index is 424. The van der Waals surface area contributed by atoms with Crippen LogP contribution in [0.3, 0.4) is 0 Å². The molecule has 2 heterocycles. The third-order valence-corrected chi connectivity index (χ3v) is 3.14. The minimum absolute atomic E-state index is 0.585. The first-order valence-electron chi connectivity index (χ1n) is 3.94. The van der Waals surface area contributed by atoms with Gasteiger partial charge in [0.2, 0.25) is 0 Å². The molecule has 0 aliphatic rings. The minimum Gasteiger partial charge on any atom is -0.383 e. The van der Waals surface area contributed by atoms with Gasteiger partial charge in [-0.15, -0.1) is 11.3 Å². The molecule has 0 aliphatic heterocycles. The second kappa shape index (κ2) is 3.51. The third-order valence-electron chi connectivity index (χ3n) is 1.61. The van der Waals surface area contributed by atoms with Crippen molar-refractivity contribution in [1.82, 2.24) is 9.97 Å². The highest BCUT2D eigenvalue weighted by molar-refractivity contribution is 7.99. The van der Waals surface area contributed by atoms with E-state index in [0.29, 0.717) is 5.82 Å². The zero-order valence-electron chi connectivity index (χ0n) is 7.15. The maximum Gasteiger partial charge on any atom is 0.190 e. The van der Waals surface area contributed by atoms with E-state index in [2.05, 4.69) is 16.9 Å². The van der Waals surface area contributed by atoms with E-state index < -0.39 is 0 Å². The number of nitrogens with zero attached hydrogens (tertiary/aromatic N) is 2. The number of hydrogen-bond donors (Lipinski definition) is 1. The predicted molar refractivity (Wildman–Crippen MR) is 58.2 cm³/mol. The average Bonchev–Trinajstić information content (AvgIpc) is 2.53. The number of hydrogen-bond acceptors (Lipinski definition) is 5. The lowest BCUT2D eigenvalue weighted by Crippen LogP contribution is -1.94. The molecular formula is C8H9N3S2. The van der Waals surface area contributed by atoms with Gasteiger partial charge in [0.1, 0.15) is 10.6 Å². The molecule has 3 nitrogen and oxygen atoms in total. The van der Waals surface area contributed by atoms with Crippen LogP contribution in [0, 0.1) is 0 Å². The van der Waals surface area contributed by atoms with Crippen LogP contribution in [-0.2, 0) is 0 Å². The summed E-state index contributed by atoms with van der Waals surface area (Å²) in [5, 5.41) is 3.72. The van der Waals surface area contributed by atoms with E-state index in [9.17, 15) is 0 Å². The number of nitrogen functional groups attached to an aromatic ring is 1. The Morgan fingerprint density at radius 3 is 3.15 bits per heavy atom. The fourth-order valence-electron chi connectivity index (χ4n) is 1.05. The topological polar surface area (TPSA) is 51.8 Å². The first kappa shape index (κ1) is 8.77. The second-order valence-corrected chi connectivity index (χ2v) is 4.59. The van der Waals surface area contributed by atoms with E-state index in [-0.39, 0.29) is 0 Å². The zero-order valence-corrected chi connectivity index (χ0v) is 8.78. The first-order valence-corrected chi connectivity index (χ1v) is 5.81. The highest BCUT2D eigenvalue weighted by Gasteiger charge is 2.05. The van der Waals surface area contributed by atoms with Crippen LogP contribution in [0.25, 0.3) is 10.2 Å². The van der Waals surface area contributed by atoms with Gasteiger partial charge < -0.3 is 5.73 Å². The van der Waals surface area contributed by atoms with Gasteiger partial charge in [-0.2, -0.15) is 0 Å². The van der Waals surface area contributed by atoms with Gasteiger partial charge >= 0.3 is 0 Å². The molecule has 2 N–H and O–H groups in total. The Morgan fingerprint density at radius 1 is 1.54 bits per heavy atom. The molecule has 0 spiro atoms. The summed E-state index contributed by atoms with van der Waals surface area (Å²) in [4.78, 5) is 9.55. The Morgan fingerprint density at radius 2 is 2.38 bits per heavy atom. The van der Waals surface area contributed by atoms with Gasteiger partial charge in [0, 0.05) is 0 Å². The summed E-state index contributed by atoms with van der Waals surface area (Å²) in [6.07, 6.45) is 0. The van der Waals surface area contributed by atoms with Gasteiger partial charge in [-0.05, 0) is 17.2 Å². The van der Waals surface area contributed by atoms with Crippen LogP contribution in [0.2, 0.25) is 0 Å². The summed E-state index contributed by atoms with van der Waals surface area (Å²) >= 11 is 3.21. The molecule has 13 heavy (non-hydrogen) atoms. The third kappa shape index (κ3) is 1.62. The molecule has 2 aromatic heterocycles. The largest absolute Gasteiger partial charge is 0.383 e. The molecule has 0 fully saturated rings. The molecular weight excluding hydrogens is 202 g/mol. The van der Waals surface area contributed by atoms with E-state index in [0.717, 1.165) is 21.1 Å². The molecule has 0 bridgehead atoms. The van der Waals surface area contributed by atoms with E-state index in [4.69, 9.17) is 5.73 Å². The van der Waals surface area contributed by atoms with Crippen LogP contribution in [0.4, 0.5) is 5.82 Å². The van der Waals surface area contributed by atoms with Crippen LogP contribution in [-0.4, -0.2) is 15.7 Å². The molecule has 0 atom stereocenters. The molecule has 2 aromatic rings. The second-order valence-electron chi connectivity index (χ2n) is 2.46. The predicted octanol–water partition coefficient (Wildman–Crippen LogP) is 2.39. The van der Waals surface area contributed by atoms with Crippen molar-refractivity contribution in [3.05, 3.63) is 11.4 Å². The quantitative estimate of drug-likeness (QED) is 0.612. The number of nitrogens with two attached hydrogens (primary N) is 1. The number of fused-ring (bicyclic) bond motifs is 1. The number of aromatic nitrogens is 2. The zero-order chi connectivity index (χ0) is 9.26. The van der Waals surface area contributed by atoms with Gasteiger partial charge in [-0.1, -0.05) is 18.7 Å². The lowest BCUT2D eigenvalue weighted by molar-refractivity contribution is 1.02. The van der Waals surface area contributed by atoms with Crippen molar-refractivity contribution in [2.24, 2.45) is 0 Å². The van der Waals surface area contributed by atoms with Gasteiger partial charge in [0.25, 0.3) is 0 Å². The van der Waals surface area contributed by atoms with Gasteiger partial charge in [0.15, 0.2) is 5.16 Å². The molecule has 68 valence electrons. The molecule has 0 aliphatic carbocycles. The highest BCUT2D eigenvalue weighted by Crippen LogP contribution is 2.25.